The van der Waals surface area contributed by atoms with Crippen LogP contribution >= 0.6 is 0 Å². The van der Waals surface area contributed by atoms with Crippen LogP contribution in [0.5, 0.6) is 6.01 Å². The minimum Gasteiger partial charge on any atom is -0.467 e. The lowest BCUT2D eigenvalue weighted by atomic mass is 9.93. The molecule has 5 rings (SSSR count). The first-order valence-electron chi connectivity index (χ1n) is 10.4. The number of nitrogens with one attached hydrogen (secondary N) is 1. The van der Waals surface area contributed by atoms with Crippen LogP contribution in [-0.4, -0.2) is 57.0 Å². The van der Waals surface area contributed by atoms with E-state index in [1.54, 1.807) is 17.1 Å². The molecule has 1 aromatic carbocycles. The number of carbonyl (C=O) groups excluding carboxylic acids is 1. The Hall–Kier alpha value is -3.34. The van der Waals surface area contributed by atoms with Crippen LogP contribution < -0.4 is 15.8 Å². The van der Waals surface area contributed by atoms with Crippen molar-refractivity contribution in [2.45, 2.75) is 32.3 Å². The van der Waals surface area contributed by atoms with Crippen molar-refractivity contribution in [3.05, 3.63) is 64.7 Å². The standard InChI is InChI=1S/C22H25N7O3/c1-13-16(3-4-17-18(13)12-32-21(17)30)19-10-28(11-20(23)27-19)8-14-5-26-29(9-14)15-6-24-22(31-2)25-7-15/h3-7,9,19-20,27H,8,10-12,23H2,1-2H3/t19-,20+/m0/s1. The second-order valence-electron chi connectivity index (χ2n) is 8.12. The quantitative estimate of drug-likeness (QED) is 0.567. The van der Waals surface area contributed by atoms with Gasteiger partial charge in [-0.05, 0) is 24.1 Å². The molecule has 1 saturated heterocycles. The SMILES string of the molecule is COc1ncc(-n2cc(CN3C[C@@H](c4ccc5c(c4C)COC5=O)N[C@@H](N)C3)cn2)cn1. The van der Waals surface area contributed by atoms with Crippen LogP contribution in [0.1, 0.15) is 38.7 Å². The molecule has 2 aromatic heterocycles. The second-order valence-corrected chi connectivity index (χ2v) is 8.12. The number of cyclic esters (lactones) is 1. The molecule has 2 atom stereocenters. The van der Waals surface area contributed by atoms with E-state index >= 15 is 0 Å². The van der Waals surface area contributed by atoms with Crippen molar-refractivity contribution >= 4 is 5.97 Å². The summed E-state index contributed by atoms with van der Waals surface area (Å²) in [6, 6.07) is 4.25. The zero-order chi connectivity index (χ0) is 22.2. The van der Waals surface area contributed by atoms with Gasteiger partial charge in [0.15, 0.2) is 0 Å². The molecule has 4 heterocycles. The predicted molar refractivity (Wildman–Crippen MR) is 115 cm³/mol. The number of aromatic nitrogens is 4. The summed E-state index contributed by atoms with van der Waals surface area (Å²) in [4.78, 5) is 22.4. The maximum atomic E-state index is 11.9. The highest BCUT2D eigenvalue weighted by Gasteiger charge is 2.30. The van der Waals surface area contributed by atoms with Gasteiger partial charge in [0.05, 0.1) is 37.4 Å². The van der Waals surface area contributed by atoms with Crippen molar-refractivity contribution in [3.8, 4) is 11.7 Å². The molecule has 32 heavy (non-hydrogen) atoms. The number of carbonyl (C=O) groups is 1. The Labute approximate surface area is 185 Å². The number of ether oxygens (including phenoxy) is 2. The van der Waals surface area contributed by atoms with Gasteiger partial charge in [-0.3, -0.25) is 10.2 Å². The van der Waals surface area contributed by atoms with Crippen LogP contribution in [0.4, 0.5) is 0 Å². The van der Waals surface area contributed by atoms with E-state index in [1.165, 1.54) is 7.11 Å². The maximum absolute atomic E-state index is 11.9. The van der Waals surface area contributed by atoms with E-state index in [4.69, 9.17) is 15.2 Å². The van der Waals surface area contributed by atoms with E-state index in [-0.39, 0.29) is 18.2 Å². The summed E-state index contributed by atoms with van der Waals surface area (Å²) in [5.74, 6) is -0.246. The average Bonchev–Trinajstić information content (AvgIpc) is 3.41. The van der Waals surface area contributed by atoms with Crippen LogP contribution in [0, 0.1) is 6.92 Å². The molecular weight excluding hydrogens is 410 g/mol. The Morgan fingerprint density at radius 1 is 1.25 bits per heavy atom. The largest absolute Gasteiger partial charge is 0.467 e. The first-order chi connectivity index (χ1) is 15.5. The van der Waals surface area contributed by atoms with E-state index in [0.29, 0.717) is 24.7 Å². The number of rotatable bonds is 5. The number of benzene rings is 1. The van der Waals surface area contributed by atoms with E-state index in [2.05, 4.69) is 25.3 Å². The third kappa shape index (κ3) is 3.83. The van der Waals surface area contributed by atoms with Gasteiger partial charge in [-0.1, -0.05) is 6.07 Å². The number of hydrogen-bond acceptors (Lipinski definition) is 9. The number of piperazine rings is 1. The summed E-state index contributed by atoms with van der Waals surface area (Å²) in [5, 5.41) is 7.94. The molecule has 0 spiro atoms. The summed E-state index contributed by atoms with van der Waals surface area (Å²) in [6.07, 6.45) is 6.99. The fourth-order valence-corrected chi connectivity index (χ4v) is 4.41. The monoisotopic (exact) mass is 435 g/mol. The lowest BCUT2D eigenvalue weighted by molar-refractivity contribution is 0.0535. The second kappa shape index (κ2) is 8.30. The number of methoxy groups -OCH3 is 1. The van der Waals surface area contributed by atoms with Crippen molar-refractivity contribution in [1.82, 2.24) is 30.0 Å². The molecule has 0 unspecified atom stereocenters. The summed E-state index contributed by atoms with van der Waals surface area (Å²) < 4.78 is 12.0. The van der Waals surface area contributed by atoms with E-state index in [0.717, 1.165) is 41.0 Å². The smallest absolute Gasteiger partial charge is 0.338 e. The van der Waals surface area contributed by atoms with Crippen molar-refractivity contribution < 1.29 is 14.3 Å². The maximum Gasteiger partial charge on any atom is 0.338 e. The summed E-state index contributed by atoms with van der Waals surface area (Å²) in [7, 11) is 1.53. The van der Waals surface area contributed by atoms with Crippen LogP contribution in [0.25, 0.3) is 5.69 Å². The molecule has 0 saturated carbocycles. The van der Waals surface area contributed by atoms with Gasteiger partial charge in [-0.25, -0.2) is 19.4 Å². The van der Waals surface area contributed by atoms with Crippen molar-refractivity contribution in [2.75, 3.05) is 20.2 Å². The third-order valence-corrected chi connectivity index (χ3v) is 6.00. The molecule has 0 bridgehead atoms. The number of hydrogen-bond donors (Lipinski definition) is 2. The lowest BCUT2D eigenvalue weighted by Crippen LogP contribution is -2.56. The molecule has 0 amide bonds. The number of fused-ring (bicyclic) bond motifs is 1. The first-order valence-corrected chi connectivity index (χ1v) is 10.4. The molecular formula is C22H25N7O3. The highest BCUT2D eigenvalue weighted by molar-refractivity contribution is 5.94. The highest BCUT2D eigenvalue weighted by atomic mass is 16.5. The third-order valence-electron chi connectivity index (χ3n) is 6.00. The number of nitrogens with two attached hydrogens (primary N) is 1. The fraction of sp³-hybridized carbons (Fsp3) is 0.364. The highest BCUT2D eigenvalue weighted by Crippen LogP contribution is 2.30. The van der Waals surface area contributed by atoms with Crippen LogP contribution in [0.3, 0.4) is 0 Å². The Kier molecular flexibility index (Phi) is 5.33. The number of nitrogens with zero attached hydrogens (tertiary/aromatic N) is 5. The Balaban J connectivity index is 1.31. The topological polar surface area (TPSA) is 120 Å². The minimum atomic E-state index is -0.246. The van der Waals surface area contributed by atoms with Crippen molar-refractivity contribution in [2.24, 2.45) is 5.73 Å². The fourth-order valence-electron chi connectivity index (χ4n) is 4.41. The molecule has 2 aliphatic rings. The lowest BCUT2D eigenvalue weighted by Gasteiger charge is -2.38. The minimum absolute atomic E-state index is 0.0600. The summed E-state index contributed by atoms with van der Waals surface area (Å²) in [6.45, 7) is 4.61. The van der Waals surface area contributed by atoms with E-state index in [1.807, 2.05) is 31.5 Å². The zero-order valence-corrected chi connectivity index (χ0v) is 18.0. The molecule has 3 aromatic rings. The van der Waals surface area contributed by atoms with Crippen LogP contribution in [0.2, 0.25) is 0 Å². The van der Waals surface area contributed by atoms with E-state index in [9.17, 15) is 4.79 Å². The number of esters is 1. The zero-order valence-electron chi connectivity index (χ0n) is 18.0. The molecule has 1 fully saturated rings. The summed E-state index contributed by atoms with van der Waals surface area (Å²) >= 11 is 0. The summed E-state index contributed by atoms with van der Waals surface area (Å²) in [5.41, 5.74) is 12.0. The van der Waals surface area contributed by atoms with Crippen LogP contribution in [0.15, 0.2) is 36.9 Å². The van der Waals surface area contributed by atoms with Gasteiger partial charge in [0.25, 0.3) is 0 Å². The Bertz CT molecular complexity index is 1140. The van der Waals surface area contributed by atoms with Gasteiger partial charge < -0.3 is 15.2 Å². The van der Waals surface area contributed by atoms with E-state index < -0.39 is 0 Å². The van der Waals surface area contributed by atoms with Gasteiger partial charge in [0.1, 0.15) is 12.3 Å². The molecule has 3 N–H and O–H groups in total. The molecule has 0 radical (unpaired) electrons. The normalized spacial score (nSPS) is 20.8. The first kappa shape index (κ1) is 20.6. The molecule has 10 heteroatoms. The van der Waals surface area contributed by atoms with Gasteiger partial charge in [-0.15, -0.1) is 0 Å². The average molecular weight is 435 g/mol. The Morgan fingerprint density at radius 2 is 2.06 bits per heavy atom. The Morgan fingerprint density at radius 3 is 2.84 bits per heavy atom. The predicted octanol–water partition coefficient (Wildman–Crippen LogP) is 1.08. The van der Waals surface area contributed by atoms with Crippen molar-refractivity contribution in [3.63, 3.8) is 0 Å². The molecule has 10 nitrogen and oxygen atoms in total. The van der Waals surface area contributed by atoms with Gasteiger partial charge in [-0.2, -0.15) is 5.10 Å². The molecule has 166 valence electrons. The van der Waals surface area contributed by atoms with Gasteiger partial charge >= 0.3 is 12.0 Å². The molecule has 0 aliphatic carbocycles. The molecule has 2 aliphatic heterocycles. The van der Waals surface area contributed by atoms with Crippen LogP contribution in [-0.2, 0) is 17.9 Å². The van der Waals surface area contributed by atoms with Gasteiger partial charge in [0, 0.05) is 43.0 Å². The van der Waals surface area contributed by atoms with Crippen molar-refractivity contribution in [1.29, 1.82) is 0 Å². The van der Waals surface area contributed by atoms with Gasteiger partial charge in [0.2, 0.25) is 0 Å².